The van der Waals surface area contributed by atoms with Crippen molar-refractivity contribution in [2.45, 2.75) is 6.42 Å². The van der Waals surface area contributed by atoms with E-state index in [-0.39, 0.29) is 0 Å². The van der Waals surface area contributed by atoms with Gasteiger partial charge in [0.15, 0.2) is 17.3 Å². The average Bonchev–Trinajstić information content (AvgIpc) is 2.73. The first-order valence-corrected chi connectivity index (χ1v) is 11.3. The number of ether oxygens (including phenoxy) is 2. The molecule has 1 fully saturated rings. The van der Waals surface area contributed by atoms with Gasteiger partial charge in [0, 0.05) is 49.0 Å². The molecule has 4 rings (SSSR count). The number of hydrogen-bond donors (Lipinski definition) is 2. The largest absolute Gasteiger partial charge is 0.493 e. The molecule has 164 valence electrons. The van der Waals surface area contributed by atoms with Crippen molar-refractivity contribution in [3.8, 4) is 22.9 Å². The molecule has 11 heteroatoms. The summed E-state index contributed by atoms with van der Waals surface area (Å²) in [6.45, 7) is 1.81. The van der Waals surface area contributed by atoms with Crippen LogP contribution in [0.5, 0.6) is 11.5 Å². The summed E-state index contributed by atoms with van der Waals surface area (Å²) in [6, 6.07) is 7.48. The lowest BCUT2D eigenvalue weighted by atomic mass is 9.96. The smallest absolute Gasteiger partial charge is 0.274 e. The summed E-state index contributed by atoms with van der Waals surface area (Å²) in [6.07, 6.45) is 4.13. The van der Waals surface area contributed by atoms with Gasteiger partial charge in [-0.3, -0.25) is 4.98 Å². The highest BCUT2D eigenvalue weighted by Crippen LogP contribution is 2.38. The molecular formula is C20H24N6O4S. The van der Waals surface area contributed by atoms with Crippen LogP contribution >= 0.6 is 0 Å². The van der Waals surface area contributed by atoms with Crippen LogP contribution in [0.15, 0.2) is 36.7 Å². The number of anilines is 1. The summed E-state index contributed by atoms with van der Waals surface area (Å²) in [5, 5.41) is 5.84. The number of rotatable bonds is 8. The van der Waals surface area contributed by atoms with Gasteiger partial charge in [0.2, 0.25) is 0 Å². The number of aromatic nitrogens is 3. The van der Waals surface area contributed by atoms with E-state index in [0.717, 1.165) is 35.4 Å². The third-order valence-electron chi connectivity index (χ3n) is 5.21. The third-order valence-corrected chi connectivity index (χ3v) is 5.82. The molecule has 3 N–H and O–H groups in total. The number of benzene rings is 1. The SMILES string of the molecule is COc1cc2nc(-c3cccnc3)nc(N3CC(CCNS(N)(=O)=O)C3)c2cc1OC. The number of nitrogens with two attached hydrogens (primary N) is 1. The number of methoxy groups -OCH3 is 2. The maximum Gasteiger partial charge on any atom is 0.274 e. The van der Waals surface area contributed by atoms with E-state index >= 15 is 0 Å². The minimum absolute atomic E-state index is 0.313. The molecule has 31 heavy (non-hydrogen) atoms. The maximum absolute atomic E-state index is 11.0. The van der Waals surface area contributed by atoms with Gasteiger partial charge in [-0.25, -0.2) is 19.8 Å². The van der Waals surface area contributed by atoms with Gasteiger partial charge in [0.1, 0.15) is 5.82 Å². The number of pyridine rings is 1. The molecule has 0 amide bonds. The lowest BCUT2D eigenvalue weighted by Crippen LogP contribution is -2.48. The summed E-state index contributed by atoms with van der Waals surface area (Å²) in [5.41, 5.74) is 1.55. The van der Waals surface area contributed by atoms with Crippen molar-refractivity contribution in [3.05, 3.63) is 36.7 Å². The number of nitrogens with zero attached hydrogens (tertiary/aromatic N) is 4. The van der Waals surface area contributed by atoms with Crippen molar-refractivity contribution in [3.63, 3.8) is 0 Å². The van der Waals surface area contributed by atoms with Crippen LogP contribution in [0.25, 0.3) is 22.3 Å². The van der Waals surface area contributed by atoms with Crippen molar-refractivity contribution >= 4 is 26.9 Å². The second-order valence-corrected chi connectivity index (χ2v) is 8.71. The van der Waals surface area contributed by atoms with E-state index in [1.807, 2.05) is 24.3 Å². The van der Waals surface area contributed by atoms with E-state index in [0.29, 0.717) is 36.2 Å². The molecule has 2 aromatic heterocycles. The number of hydrogen-bond acceptors (Lipinski definition) is 8. The van der Waals surface area contributed by atoms with Crippen LogP contribution in [0.1, 0.15) is 6.42 Å². The molecule has 0 spiro atoms. The van der Waals surface area contributed by atoms with Gasteiger partial charge in [-0.15, -0.1) is 0 Å². The van der Waals surface area contributed by atoms with Crippen molar-refractivity contribution in [2.24, 2.45) is 11.1 Å². The monoisotopic (exact) mass is 444 g/mol. The molecule has 0 bridgehead atoms. The zero-order valence-electron chi connectivity index (χ0n) is 17.3. The summed E-state index contributed by atoms with van der Waals surface area (Å²) in [7, 11) is -0.489. The maximum atomic E-state index is 11.0. The summed E-state index contributed by atoms with van der Waals surface area (Å²) >= 11 is 0. The van der Waals surface area contributed by atoms with Crippen LogP contribution < -0.4 is 24.2 Å². The molecule has 1 aliphatic heterocycles. The van der Waals surface area contributed by atoms with Crippen LogP contribution in [0.4, 0.5) is 5.82 Å². The number of nitrogens with one attached hydrogen (secondary N) is 1. The highest BCUT2D eigenvalue weighted by Gasteiger charge is 2.30. The third kappa shape index (κ3) is 4.68. The highest BCUT2D eigenvalue weighted by atomic mass is 32.2. The first kappa shape index (κ1) is 21.2. The fourth-order valence-corrected chi connectivity index (χ4v) is 4.04. The molecule has 1 aromatic carbocycles. The van der Waals surface area contributed by atoms with Gasteiger partial charge >= 0.3 is 0 Å². The van der Waals surface area contributed by atoms with Crippen LogP contribution in [0.2, 0.25) is 0 Å². The Balaban J connectivity index is 1.66. The minimum atomic E-state index is -3.66. The normalized spacial score (nSPS) is 14.5. The van der Waals surface area contributed by atoms with E-state index < -0.39 is 10.2 Å². The fraction of sp³-hybridized carbons (Fsp3) is 0.350. The predicted octanol–water partition coefficient (Wildman–Crippen LogP) is 1.33. The zero-order chi connectivity index (χ0) is 22.0. The van der Waals surface area contributed by atoms with Crippen LogP contribution in [0.3, 0.4) is 0 Å². The van der Waals surface area contributed by atoms with Gasteiger partial charge in [0.05, 0.1) is 19.7 Å². The van der Waals surface area contributed by atoms with Crippen molar-refractivity contribution in [1.29, 1.82) is 0 Å². The van der Waals surface area contributed by atoms with Crippen LogP contribution in [0, 0.1) is 5.92 Å². The molecule has 0 saturated carbocycles. The van der Waals surface area contributed by atoms with Crippen LogP contribution in [-0.2, 0) is 10.2 Å². The first-order chi connectivity index (χ1) is 14.9. The van der Waals surface area contributed by atoms with Gasteiger partial charge in [-0.05, 0) is 30.5 Å². The lowest BCUT2D eigenvalue weighted by Gasteiger charge is -2.41. The zero-order valence-corrected chi connectivity index (χ0v) is 18.1. The second-order valence-electron chi connectivity index (χ2n) is 7.34. The summed E-state index contributed by atoms with van der Waals surface area (Å²) in [4.78, 5) is 15.9. The molecular weight excluding hydrogens is 420 g/mol. The van der Waals surface area contributed by atoms with Crippen LogP contribution in [-0.4, -0.2) is 57.2 Å². The van der Waals surface area contributed by atoms with Crippen molar-refractivity contribution in [2.75, 3.05) is 38.8 Å². The van der Waals surface area contributed by atoms with Gasteiger partial charge in [0.25, 0.3) is 10.2 Å². The Labute approximate surface area is 180 Å². The summed E-state index contributed by atoms with van der Waals surface area (Å²) < 4.78 is 35.3. The Bertz CT molecular complexity index is 1180. The second kappa shape index (κ2) is 8.61. The molecule has 1 saturated heterocycles. The fourth-order valence-electron chi connectivity index (χ4n) is 3.64. The standard InChI is InChI=1S/C20H24N6O4S/c1-29-17-8-15-16(9-18(17)30-2)24-19(14-4-3-6-22-10-14)25-20(15)26-11-13(12-26)5-7-23-31(21,27)28/h3-4,6,8-10,13,23H,5,7,11-12H2,1-2H3,(H2,21,27,28). The Morgan fingerprint density at radius 3 is 2.58 bits per heavy atom. The van der Waals surface area contributed by atoms with E-state index in [9.17, 15) is 8.42 Å². The van der Waals surface area contributed by atoms with E-state index in [1.54, 1.807) is 26.6 Å². The van der Waals surface area contributed by atoms with Gasteiger partial charge in [-0.1, -0.05) is 0 Å². The Morgan fingerprint density at radius 2 is 1.94 bits per heavy atom. The first-order valence-electron chi connectivity index (χ1n) is 9.74. The molecule has 3 heterocycles. The molecule has 10 nitrogen and oxygen atoms in total. The Kier molecular flexibility index (Phi) is 5.90. The molecule has 0 aliphatic carbocycles. The minimum Gasteiger partial charge on any atom is -0.493 e. The molecule has 3 aromatic rings. The van der Waals surface area contributed by atoms with E-state index in [4.69, 9.17) is 24.6 Å². The topological polar surface area (TPSA) is 133 Å². The molecule has 0 atom stereocenters. The molecule has 0 unspecified atom stereocenters. The van der Waals surface area contributed by atoms with Crippen molar-refractivity contribution in [1.82, 2.24) is 19.7 Å². The average molecular weight is 445 g/mol. The Hall–Kier alpha value is -3.02. The highest BCUT2D eigenvalue weighted by molar-refractivity contribution is 7.87. The van der Waals surface area contributed by atoms with E-state index in [1.165, 1.54) is 0 Å². The van der Waals surface area contributed by atoms with Gasteiger partial charge in [-0.2, -0.15) is 8.42 Å². The Morgan fingerprint density at radius 1 is 1.19 bits per heavy atom. The molecule has 1 aliphatic rings. The molecule has 0 radical (unpaired) electrons. The quantitative estimate of drug-likeness (QED) is 0.532. The lowest BCUT2D eigenvalue weighted by molar-refractivity contribution is 0.355. The van der Waals surface area contributed by atoms with Crippen molar-refractivity contribution < 1.29 is 17.9 Å². The predicted molar refractivity (Wildman–Crippen MR) is 117 cm³/mol. The summed E-state index contributed by atoms with van der Waals surface area (Å²) in [5.74, 6) is 2.89. The number of fused-ring (bicyclic) bond motifs is 1. The van der Waals surface area contributed by atoms with E-state index in [2.05, 4.69) is 14.6 Å². The van der Waals surface area contributed by atoms with Gasteiger partial charge < -0.3 is 14.4 Å².